The molecule has 6 heteroatoms. The lowest BCUT2D eigenvalue weighted by Gasteiger charge is -2.30. The minimum Gasteiger partial charge on any atom is -0.481 e. The first-order valence-corrected chi connectivity index (χ1v) is 7.64. The molecule has 1 N–H and O–H groups in total. The number of ketones is 1. The molecule has 1 atom stereocenters. The lowest BCUT2D eigenvalue weighted by Crippen LogP contribution is -2.42. The molecule has 118 valence electrons. The SMILES string of the molecule is O=C(CCC(=O)N1CCCC(C(=O)O)C1)c1ccc(Cl)cc1. The van der Waals surface area contributed by atoms with E-state index in [2.05, 4.69) is 0 Å². The maximum absolute atomic E-state index is 12.1. The molecule has 0 saturated carbocycles. The number of halogens is 1. The van der Waals surface area contributed by atoms with Crippen molar-refractivity contribution in [2.75, 3.05) is 13.1 Å². The lowest BCUT2D eigenvalue weighted by molar-refractivity contribution is -0.145. The average molecular weight is 324 g/mol. The smallest absolute Gasteiger partial charge is 0.308 e. The minimum atomic E-state index is -0.866. The summed E-state index contributed by atoms with van der Waals surface area (Å²) in [6.07, 6.45) is 1.51. The lowest BCUT2D eigenvalue weighted by atomic mass is 9.97. The third-order valence-electron chi connectivity index (χ3n) is 3.86. The highest BCUT2D eigenvalue weighted by atomic mass is 35.5. The van der Waals surface area contributed by atoms with Crippen molar-refractivity contribution >= 4 is 29.3 Å². The van der Waals surface area contributed by atoms with Crippen molar-refractivity contribution in [3.63, 3.8) is 0 Å². The monoisotopic (exact) mass is 323 g/mol. The molecule has 1 saturated heterocycles. The average Bonchev–Trinajstić information content (AvgIpc) is 2.53. The quantitative estimate of drug-likeness (QED) is 0.845. The van der Waals surface area contributed by atoms with E-state index in [-0.39, 0.29) is 31.1 Å². The highest BCUT2D eigenvalue weighted by molar-refractivity contribution is 6.30. The summed E-state index contributed by atoms with van der Waals surface area (Å²) in [6, 6.07) is 6.55. The maximum atomic E-state index is 12.1. The van der Waals surface area contributed by atoms with Crippen LogP contribution in [0.5, 0.6) is 0 Å². The standard InChI is InChI=1S/C16H18ClNO4/c17-13-5-3-11(4-6-13)14(19)7-8-15(20)18-9-1-2-12(10-18)16(21)22/h3-6,12H,1-2,7-10H2,(H,21,22). The van der Waals surface area contributed by atoms with Crippen molar-refractivity contribution in [1.29, 1.82) is 0 Å². The Morgan fingerprint density at radius 1 is 1.18 bits per heavy atom. The number of piperidine rings is 1. The van der Waals surface area contributed by atoms with Gasteiger partial charge in [0, 0.05) is 36.5 Å². The third-order valence-corrected chi connectivity index (χ3v) is 4.11. The van der Waals surface area contributed by atoms with E-state index in [1.165, 1.54) is 0 Å². The number of hydrogen-bond acceptors (Lipinski definition) is 3. The predicted molar refractivity (Wildman–Crippen MR) is 82.0 cm³/mol. The van der Waals surface area contributed by atoms with Gasteiger partial charge in [-0.1, -0.05) is 11.6 Å². The Balaban J connectivity index is 1.85. The van der Waals surface area contributed by atoms with Gasteiger partial charge in [0.25, 0.3) is 0 Å². The number of carbonyl (C=O) groups excluding carboxylic acids is 2. The van der Waals surface area contributed by atoms with Crippen LogP contribution in [0.25, 0.3) is 0 Å². The van der Waals surface area contributed by atoms with E-state index in [9.17, 15) is 14.4 Å². The summed E-state index contributed by atoms with van der Waals surface area (Å²) in [5, 5.41) is 9.58. The highest BCUT2D eigenvalue weighted by Crippen LogP contribution is 2.18. The molecule has 0 aliphatic carbocycles. The number of nitrogens with zero attached hydrogens (tertiary/aromatic N) is 1. The fraction of sp³-hybridized carbons (Fsp3) is 0.438. The van der Waals surface area contributed by atoms with Crippen LogP contribution in [0.15, 0.2) is 24.3 Å². The third kappa shape index (κ3) is 4.31. The fourth-order valence-corrected chi connectivity index (χ4v) is 2.69. The molecule has 5 nitrogen and oxygen atoms in total. The van der Waals surface area contributed by atoms with Gasteiger partial charge in [-0.05, 0) is 37.1 Å². The Bertz CT molecular complexity index is 570. The van der Waals surface area contributed by atoms with E-state index in [0.717, 1.165) is 0 Å². The zero-order chi connectivity index (χ0) is 16.1. The van der Waals surface area contributed by atoms with E-state index in [4.69, 9.17) is 16.7 Å². The molecule has 0 spiro atoms. The topological polar surface area (TPSA) is 74.7 Å². The second-order valence-corrected chi connectivity index (χ2v) is 5.88. The number of carboxylic acids is 1. The van der Waals surface area contributed by atoms with Crippen LogP contribution in [0.3, 0.4) is 0 Å². The number of benzene rings is 1. The van der Waals surface area contributed by atoms with Gasteiger partial charge < -0.3 is 10.0 Å². The summed E-state index contributed by atoms with van der Waals surface area (Å²) in [4.78, 5) is 36.7. The van der Waals surface area contributed by atoms with E-state index in [1.807, 2.05) is 0 Å². The van der Waals surface area contributed by atoms with Crippen LogP contribution < -0.4 is 0 Å². The largest absolute Gasteiger partial charge is 0.481 e. The molecule has 1 aliphatic rings. The van der Waals surface area contributed by atoms with Gasteiger partial charge in [0.2, 0.25) is 5.91 Å². The Morgan fingerprint density at radius 2 is 1.86 bits per heavy atom. The van der Waals surface area contributed by atoms with E-state index in [1.54, 1.807) is 29.2 Å². The summed E-state index contributed by atoms with van der Waals surface area (Å²) in [5.41, 5.74) is 0.527. The summed E-state index contributed by atoms with van der Waals surface area (Å²) in [6.45, 7) is 0.807. The molecule has 1 aromatic rings. The van der Waals surface area contributed by atoms with Crippen molar-refractivity contribution in [3.8, 4) is 0 Å². The molecule has 0 bridgehead atoms. The van der Waals surface area contributed by atoms with Gasteiger partial charge in [0.05, 0.1) is 5.92 Å². The Labute approximate surface area is 133 Å². The summed E-state index contributed by atoms with van der Waals surface area (Å²) in [5.74, 6) is -1.63. The molecule has 1 aliphatic heterocycles. The molecule has 1 amide bonds. The van der Waals surface area contributed by atoms with Crippen molar-refractivity contribution in [3.05, 3.63) is 34.9 Å². The normalized spacial score (nSPS) is 18.0. The van der Waals surface area contributed by atoms with Crippen molar-refractivity contribution in [2.45, 2.75) is 25.7 Å². The molecular weight excluding hydrogens is 306 g/mol. The van der Waals surface area contributed by atoms with Crippen molar-refractivity contribution < 1.29 is 19.5 Å². The van der Waals surface area contributed by atoms with Gasteiger partial charge in [-0.3, -0.25) is 14.4 Å². The number of aliphatic carboxylic acids is 1. The zero-order valence-corrected chi connectivity index (χ0v) is 12.9. The van der Waals surface area contributed by atoms with E-state index < -0.39 is 11.9 Å². The second-order valence-electron chi connectivity index (χ2n) is 5.45. The maximum Gasteiger partial charge on any atom is 0.308 e. The fourth-order valence-electron chi connectivity index (χ4n) is 2.56. The molecule has 1 heterocycles. The number of carbonyl (C=O) groups is 3. The van der Waals surface area contributed by atoms with Crippen molar-refractivity contribution in [2.24, 2.45) is 5.92 Å². The van der Waals surface area contributed by atoms with E-state index in [0.29, 0.717) is 30.0 Å². The number of carboxylic acid groups (broad SMARTS) is 1. The van der Waals surface area contributed by atoms with Crippen LogP contribution in [0.1, 0.15) is 36.0 Å². The van der Waals surface area contributed by atoms with Gasteiger partial charge in [-0.2, -0.15) is 0 Å². The number of rotatable bonds is 5. The first kappa shape index (κ1) is 16.5. The van der Waals surface area contributed by atoms with Crippen LogP contribution in [-0.2, 0) is 9.59 Å². The number of likely N-dealkylation sites (tertiary alicyclic amines) is 1. The first-order chi connectivity index (χ1) is 10.5. The minimum absolute atomic E-state index is 0.105. The number of hydrogen-bond donors (Lipinski definition) is 1. The Kier molecular flexibility index (Phi) is 5.55. The Hall–Kier alpha value is -1.88. The zero-order valence-electron chi connectivity index (χ0n) is 12.1. The second kappa shape index (κ2) is 7.40. The summed E-state index contributed by atoms with van der Waals surface area (Å²) < 4.78 is 0. The molecule has 22 heavy (non-hydrogen) atoms. The van der Waals surface area contributed by atoms with Gasteiger partial charge in [0.15, 0.2) is 5.78 Å². The molecule has 0 radical (unpaired) electrons. The van der Waals surface area contributed by atoms with Gasteiger partial charge in [-0.25, -0.2) is 0 Å². The predicted octanol–water partition coefficient (Wildman–Crippen LogP) is 2.63. The molecule has 1 aromatic carbocycles. The van der Waals surface area contributed by atoms with Crippen LogP contribution in [-0.4, -0.2) is 40.8 Å². The molecule has 0 aromatic heterocycles. The molecule has 2 rings (SSSR count). The molecule has 1 unspecified atom stereocenters. The molecular formula is C16H18ClNO4. The van der Waals surface area contributed by atoms with E-state index >= 15 is 0 Å². The first-order valence-electron chi connectivity index (χ1n) is 7.26. The Morgan fingerprint density at radius 3 is 2.50 bits per heavy atom. The van der Waals surface area contributed by atoms with Crippen LogP contribution in [0.4, 0.5) is 0 Å². The molecule has 1 fully saturated rings. The van der Waals surface area contributed by atoms with Crippen LogP contribution in [0.2, 0.25) is 5.02 Å². The summed E-state index contributed by atoms with van der Waals surface area (Å²) >= 11 is 5.76. The van der Waals surface area contributed by atoms with Crippen molar-refractivity contribution in [1.82, 2.24) is 4.90 Å². The van der Waals surface area contributed by atoms with Crippen LogP contribution in [0, 0.1) is 5.92 Å². The summed E-state index contributed by atoms with van der Waals surface area (Å²) in [7, 11) is 0. The number of Topliss-reactive ketones (excluding diaryl/α,β-unsaturated/α-hetero) is 1. The van der Waals surface area contributed by atoms with Gasteiger partial charge >= 0.3 is 5.97 Å². The highest BCUT2D eigenvalue weighted by Gasteiger charge is 2.28. The number of amides is 1. The van der Waals surface area contributed by atoms with Crippen LogP contribution >= 0.6 is 11.6 Å². The van der Waals surface area contributed by atoms with Gasteiger partial charge in [-0.15, -0.1) is 0 Å². The van der Waals surface area contributed by atoms with Gasteiger partial charge in [0.1, 0.15) is 0 Å².